The smallest absolute Gasteiger partial charge is 0.257 e. The van der Waals surface area contributed by atoms with Crippen LogP contribution in [0.5, 0.6) is 0 Å². The molecule has 0 aliphatic carbocycles. The van der Waals surface area contributed by atoms with Gasteiger partial charge >= 0.3 is 0 Å². The van der Waals surface area contributed by atoms with Gasteiger partial charge in [0.05, 0.1) is 29.4 Å². The van der Waals surface area contributed by atoms with Gasteiger partial charge in [-0.3, -0.25) is 14.8 Å². The molecule has 2 aliphatic rings. The lowest BCUT2D eigenvalue weighted by Gasteiger charge is -2.34. The first-order chi connectivity index (χ1) is 13.6. The van der Waals surface area contributed by atoms with Crippen molar-refractivity contribution in [3.8, 4) is 0 Å². The van der Waals surface area contributed by atoms with Crippen LogP contribution in [-0.4, -0.2) is 62.8 Å². The number of hydrogen-bond donors (Lipinski definition) is 2. The summed E-state index contributed by atoms with van der Waals surface area (Å²) in [5, 5.41) is 17.8. The Hall–Kier alpha value is -2.77. The quantitative estimate of drug-likeness (QED) is 0.713. The summed E-state index contributed by atoms with van der Waals surface area (Å²) in [4.78, 5) is 16.9. The third-order valence-corrected chi connectivity index (χ3v) is 5.96. The highest BCUT2D eigenvalue weighted by molar-refractivity contribution is 6.06. The number of H-pyrrole nitrogens is 1. The Balaban J connectivity index is 1.38. The number of carbonyl (C=O) groups excluding carboxylic acids is 1. The standard InChI is InChI=1S/C21H21FN4O2/c22-16-5-6-17-15(9-23-24-17)20(16)21(28)26-11-18(19(27)12-26)25-8-7-13-3-1-2-4-14(13)10-25/h1-6,9,18-19,27H,7-8,10-12H2,(H,23,24)/t18-,19-/m1/s1. The molecule has 0 radical (unpaired) electrons. The second kappa shape index (κ2) is 6.68. The molecule has 2 aliphatic heterocycles. The van der Waals surface area contributed by atoms with Crippen molar-refractivity contribution >= 4 is 16.8 Å². The first kappa shape index (κ1) is 17.3. The highest BCUT2D eigenvalue weighted by Gasteiger charge is 2.39. The molecule has 1 aromatic heterocycles. The maximum atomic E-state index is 14.5. The molecule has 3 heterocycles. The van der Waals surface area contributed by atoms with Crippen molar-refractivity contribution < 1.29 is 14.3 Å². The molecule has 2 N–H and O–H groups in total. The lowest BCUT2D eigenvalue weighted by Crippen LogP contribution is -2.45. The van der Waals surface area contributed by atoms with Gasteiger partial charge in [-0.15, -0.1) is 0 Å². The van der Waals surface area contributed by atoms with Crippen LogP contribution in [0.1, 0.15) is 21.5 Å². The van der Waals surface area contributed by atoms with Crippen LogP contribution in [0.4, 0.5) is 4.39 Å². The zero-order valence-corrected chi connectivity index (χ0v) is 15.3. The summed E-state index contributed by atoms with van der Waals surface area (Å²) in [5.74, 6) is -0.966. The van der Waals surface area contributed by atoms with Gasteiger partial charge in [0.1, 0.15) is 5.82 Å². The van der Waals surface area contributed by atoms with Crippen LogP contribution in [0.2, 0.25) is 0 Å². The topological polar surface area (TPSA) is 72.5 Å². The van der Waals surface area contributed by atoms with Crippen LogP contribution in [0.15, 0.2) is 42.6 Å². The SMILES string of the molecule is O=C(c1c(F)ccc2[nH]ncc12)N1C[C@@H](O)[C@H](N2CCc3ccccc3C2)C1. The van der Waals surface area contributed by atoms with Crippen molar-refractivity contribution in [2.45, 2.75) is 25.1 Å². The number of β-amino-alcohol motifs (C(OH)–C–C–N with tert-alkyl or cyclic N) is 1. The molecule has 2 aromatic carbocycles. The van der Waals surface area contributed by atoms with Gasteiger partial charge in [0.25, 0.3) is 5.91 Å². The van der Waals surface area contributed by atoms with E-state index in [0.717, 1.165) is 19.5 Å². The summed E-state index contributed by atoms with van der Waals surface area (Å²) in [5.41, 5.74) is 3.24. The molecule has 6 nitrogen and oxygen atoms in total. The second-order valence-corrected chi connectivity index (χ2v) is 7.59. The molecule has 1 amide bonds. The fourth-order valence-corrected chi connectivity index (χ4v) is 4.46. The average molecular weight is 380 g/mol. The summed E-state index contributed by atoms with van der Waals surface area (Å²) in [6.45, 7) is 2.18. The lowest BCUT2D eigenvalue weighted by atomic mass is 9.98. The van der Waals surface area contributed by atoms with Crippen molar-refractivity contribution in [3.05, 3.63) is 65.1 Å². The van der Waals surface area contributed by atoms with Crippen LogP contribution >= 0.6 is 0 Å². The Morgan fingerprint density at radius 3 is 2.86 bits per heavy atom. The van der Waals surface area contributed by atoms with E-state index in [0.29, 0.717) is 17.4 Å². The minimum absolute atomic E-state index is 0.0167. The lowest BCUT2D eigenvalue weighted by molar-refractivity contribution is 0.0734. The van der Waals surface area contributed by atoms with Gasteiger partial charge in [-0.05, 0) is 29.7 Å². The Bertz CT molecular complexity index is 1050. The number of aromatic amines is 1. The fraction of sp³-hybridized carbons (Fsp3) is 0.333. The maximum Gasteiger partial charge on any atom is 0.257 e. The first-order valence-electron chi connectivity index (χ1n) is 9.51. The summed E-state index contributed by atoms with van der Waals surface area (Å²) >= 11 is 0. The van der Waals surface area contributed by atoms with Gasteiger partial charge in [-0.2, -0.15) is 5.10 Å². The Morgan fingerprint density at radius 1 is 1.18 bits per heavy atom. The molecule has 0 saturated carbocycles. The van der Waals surface area contributed by atoms with E-state index in [4.69, 9.17) is 0 Å². The van der Waals surface area contributed by atoms with E-state index in [9.17, 15) is 14.3 Å². The Morgan fingerprint density at radius 2 is 2.00 bits per heavy atom. The molecule has 0 spiro atoms. The molecule has 3 aromatic rings. The fourth-order valence-electron chi connectivity index (χ4n) is 4.46. The number of nitrogens with one attached hydrogen (secondary N) is 1. The summed E-state index contributed by atoms with van der Waals surface area (Å²) < 4.78 is 14.5. The number of nitrogens with zero attached hydrogens (tertiary/aromatic N) is 3. The van der Waals surface area contributed by atoms with Gasteiger partial charge in [0, 0.05) is 31.6 Å². The monoisotopic (exact) mass is 380 g/mol. The van der Waals surface area contributed by atoms with E-state index in [1.54, 1.807) is 11.0 Å². The molecule has 7 heteroatoms. The molecular weight excluding hydrogens is 359 g/mol. The van der Waals surface area contributed by atoms with Crippen molar-refractivity contribution in [2.75, 3.05) is 19.6 Å². The second-order valence-electron chi connectivity index (χ2n) is 7.59. The average Bonchev–Trinajstić information content (AvgIpc) is 3.33. The maximum absolute atomic E-state index is 14.5. The third-order valence-electron chi connectivity index (χ3n) is 5.96. The molecular formula is C21H21FN4O2. The van der Waals surface area contributed by atoms with E-state index in [1.165, 1.54) is 23.4 Å². The van der Waals surface area contributed by atoms with E-state index >= 15 is 0 Å². The van der Waals surface area contributed by atoms with Gasteiger partial charge in [-0.1, -0.05) is 24.3 Å². The number of rotatable bonds is 2. The largest absolute Gasteiger partial charge is 0.390 e. The van der Waals surface area contributed by atoms with Crippen LogP contribution < -0.4 is 0 Å². The summed E-state index contributed by atoms with van der Waals surface area (Å²) in [6.07, 6.45) is 1.74. The van der Waals surface area contributed by atoms with Gasteiger partial charge in [0.2, 0.25) is 0 Å². The van der Waals surface area contributed by atoms with Crippen LogP contribution in [0.3, 0.4) is 0 Å². The van der Waals surface area contributed by atoms with Crippen LogP contribution in [-0.2, 0) is 13.0 Å². The summed E-state index contributed by atoms with van der Waals surface area (Å²) in [7, 11) is 0. The Kier molecular flexibility index (Phi) is 4.14. The predicted molar refractivity (Wildman–Crippen MR) is 102 cm³/mol. The highest BCUT2D eigenvalue weighted by atomic mass is 19.1. The van der Waals surface area contributed by atoms with Crippen LogP contribution in [0.25, 0.3) is 10.9 Å². The van der Waals surface area contributed by atoms with E-state index < -0.39 is 17.8 Å². The first-order valence-corrected chi connectivity index (χ1v) is 9.51. The van der Waals surface area contributed by atoms with Crippen molar-refractivity contribution in [1.82, 2.24) is 20.0 Å². The van der Waals surface area contributed by atoms with Gasteiger partial charge < -0.3 is 10.0 Å². The Labute approximate surface area is 161 Å². The molecule has 1 saturated heterocycles. The zero-order chi connectivity index (χ0) is 19.3. The third kappa shape index (κ3) is 2.78. The number of aliphatic hydroxyl groups excluding tert-OH is 1. The van der Waals surface area contributed by atoms with Crippen molar-refractivity contribution in [3.63, 3.8) is 0 Å². The van der Waals surface area contributed by atoms with Gasteiger partial charge in [0.15, 0.2) is 0 Å². The molecule has 28 heavy (non-hydrogen) atoms. The van der Waals surface area contributed by atoms with Crippen LogP contribution in [0, 0.1) is 5.82 Å². The number of likely N-dealkylation sites (tertiary alicyclic amines) is 1. The molecule has 0 bridgehead atoms. The normalized spacial score (nSPS) is 22.6. The molecule has 2 atom stereocenters. The number of fused-ring (bicyclic) bond motifs is 2. The van der Waals surface area contributed by atoms with E-state index in [-0.39, 0.29) is 18.2 Å². The highest BCUT2D eigenvalue weighted by Crippen LogP contribution is 2.27. The molecule has 1 fully saturated rings. The number of halogens is 1. The van der Waals surface area contributed by atoms with Gasteiger partial charge in [-0.25, -0.2) is 4.39 Å². The molecule has 5 rings (SSSR count). The number of amides is 1. The number of benzene rings is 2. The minimum Gasteiger partial charge on any atom is -0.390 e. The zero-order valence-electron chi connectivity index (χ0n) is 15.3. The molecule has 0 unspecified atom stereocenters. The predicted octanol–water partition coefficient (Wildman–Crippen LogP) is 1.95. The van der Waals surface area contributed by atoms with Crippen molar-refractivity contribution in [2.24, 2.45) is 0 Å². The summed E-state index contributed by atoms with van der Waals surface area (Å²) in [6, 6.07) is 11.0. The minimum atomic E-state index is -0.652. The number of hydrogen-bond acceptors (Lipinski definition) is 4. The molecule has 144 valence electrons. The number of aliphatic hydroxyl groups is 1. The van der Waals surface area contributed by atoms with E-state index in [1.807, 2.05) is 12.1 Å². The van der Waals surface area contributed by atoms with Crippen molar-refractivity contribution in [1.29, 1.82) is 0 Å². The number of carbonyl (C=O) groups is 1. The number of aromatic nitrogens is 2. The van der Waals surface area contributed by atoms with E-state index in [2.05, 4.69) is 27.2 Å².